The Balaban J connectivity index is 1.71. The number of hydrogen-bond donors (Lipinski definition) is 0. The van der Waals surface area contributed by atoms with E-state index in [1.807, 2.05) is 84.6 Å². The number of benzene rings is 2. The van der Waals surface area contributed by atoms with Gasteiger partial charge in [-0.2, -0.15) is 5.10 Å². The van der Waals surface area contributed by atoms with Crippen LogP contribution in [0.3, 0.4) is 0 Å². The molecule has 0 saturated carbocycles. The van der Waals surface area contributed by atoms with E-state index in [1.165, 1.54) is 0 Å². The lowest BCUT2D eigenvalue weighted by atomic mass is 10.1. The molecule has 5 nitrogen and oxygen atoms in total. The van der Waals surface area contributed by atoms with Gasteiger partial charge >= 0.3 is 0 Å². The zero-order valence-electron chi connectivity index (χ0n) is 15.6. The van der Waals surface area contributed by atoms with Crippen LogP contribution in [-0.4, -0.2) is 26.6 Å². The van der Waals surface area contributed by atoms with E-state index in [0.29, 0.717) is 12.2 Å². The molecular formula is C22H21N3O2. The van der Waals surface area contributed by atoms with E-state index in [4.69, 9.17) is 4.74 Å². The second-order valence-electron chi connectivity index (χ2n) is 6.44. The normalized spacial score (nSPS) is 11.7. The molecule has 4 rings (SSSR count). The van der Waals surface area contributed by atoms with E-state index < -0.39 is 0 Å². The first-order valence-electron chi connectivity index (χ1n) is 8.98. The van der Waals surface area contributed by atoms with Crippen molar-refractivity contribution in [3.8, 4) is 5.75 Å². The number of rotatable bonds is 5. The summed E-state index contributed by atoms with van der Waals surface area (Å²) in [4.78, 5) is 12.9. The molecule has 0 N–H and O–H groups in total. The second kappa shape index (κ2) is 6.76. The molecule has 0 atom stereocenters. The number of ether oxygens (including phenoxy) is 1. The van der Waals surface area contributed by atoms with Gasteiger partial charge in [-0.3, -0.25) is 4.79 Å². The van der Waals surface area contributed by atoms with Crippen molar-refractivity contribution in [2.45, 2.75) is 13.8 Å². The molecule has 27 heavy (non-hydrogen) atoms. The lowest BCUT2D eigenvalue weighted by Crippen LogP contribution is -1.99. The molecule has 2 aromatic heterocycles. The van der Waals surface area contributed by atoms with Crippen molar-refractivity contribution in [3.05, 3.63) is 71.4 Å². The number of carbonyl (C=O) groups excluding carboxylic acids is 1. The van der Waals surface area contributed by atoms with Gasteiger partial charge in [-0.1, -0.05) is 30.3 Å². The number of carbonyl (C=O) groups is 1. The van der Waals surface area contributed by atoms with Gasteiger partial charge in [0, 0.05) is 7.05 Å². The predicted octanol–water partition coefficient (Wildman–Crippen LogP) is 4.43. The molecule has 2 aromatic carbocycles. The molecule has 0 unspecified atom stereocenters. The first kappa shape index (κ1) is 17.1. The van der Waals surface area contributed by atoms with Gasteiger partial charge in [-0.25, -0.2) is 4.52 Å². The molecule has 0 spiro atoms. The van der Waals surface area contributed by atoms with Crippen LogP contribution >= 0.6 is 0 Å². The van der Waals surface area contributed by atoms with E-state index in [-0.39, 0.29) is 5.78 Å². The highest BCUT2D eigenvalue weighted by atomic mass is 16.5. The lowest BCUT2D eigenvalue weighted by Gasteiger charge is -2.02. The molecule has 0 amide bonds. The number of allylic oxidation sites excluding steroid dienone is 1. The van der Waals surface area contributed by atoms with Gasteiger partial charge in [-0.15, -0.1) is 0 Å². The van der Waals surface area contributed by atoms with E-state index >= 15 is 0 Å². The summed E-state index contributed by atoms with van der Waals surface area (Å²) in [5.74, 6) is 0.771. The molecule has 0 fully saturated rings. The van der Waals surface area contributed by atoms with Gasteiger partial charge in [0.2, 0.25) is 0 Å². The summed E-state index contributed by atoms with van der Waals surface area (Å²) in [7, 11) is 1.96. The molecule has 136 valence electrons. The van der Waals surface area contributed by atoms with Crippen LogP contribution in [0.15, 0.2) is 54.6 Å². The van der Waals surface area contributed by atoms with Gasteiger partial charge in [0.1, 0.15) is 11.4 Å². The Hall–Kier alpha value is -3.34. The fourth-order valence-corrected chi connectivity index (χ4v) is 3.42. The summed E-state index contributed by atoms with van der Waals surface area (Å²) in [5.41, 5.74) is 5.17. The van der Waals surface area contributed by atoms with Crippen molar-refractivity contribution in [1.82, 2.24) is 14.2 Å². The molecule has 5 heteroatoms. The molecular weight excluding hydrogens is 338 g/mol. The highest BCUT2D eigenvalue weighted by Gasteiger charge is 2.20. The van der Waals surface area contributed by atoms with Gasteiger partial charge in [-0.05, 0) is 49.8 Å². The Morgan fingerprint density at radius 2 is 1.81 bits per heavy atom. The smallest absolute Gasteiger partial charge is 0.191 e. The fraction of sp³-hybridized carbons (Fsp3) is 0.182. The summed E-state index contributed by atoms with van der Waals surface area (Å²) in [6.45, 7) is 4.46. The molecule has 0 aliphatic rings. The van der Waals surface area contributed by atoms with Crippen LogP contribution in [-0.2, 0) is 7.05 Å². The first-order chi connectivity index (χ1) is 13.1. The molecule has 0 saturated heterocycles. The third kappa shape index (κ3) is 2.91. The Morgan fingerprint density at radius 3 is 2.52 bits per heavy atom. The van der Waals surface area contributed by atoms with E-state index in [9.17, 15) is 4.79 Å². The third-order valence-electron chi connectivity index (χ3n) is 4.69. The zero-order valence-corrected chi connectivity index (χ0v) is 15.6. The number of nitrogens with zero attached hydrogens (tertiary/aromatic N) is 3. The van der Waals surface area contributed by atoms with Gasteiger partial charge < -0.3 is 9.30 Å². The predicted molar refractivity (Wildman–Crippen MR) is 107 cm³/mol. The van der Waals surface area contributed by atoms with Crippen LogP contribution < -0.4 is 4.74 Å². The number of fused-ring (bicyclic) bond motifs is 3. The first-order valence-corrected chi connectivity index (χ1v) is 8.98. The van der Waals surface area contributed by atoms with Crippen LogP contribution in [0.2, 0.25) is 0 Å². The highest BCUT2D eigenvalue weighted by molar-refractivity contribution is 6.12. The van der Waals surface area contributed by atoms with Crippen molar-refractivity contribution in [1.29, 1.82) is 0 Å². The summed E-state index contributed by atoms with van der Waals surface area (Å²) in [6.07, 6.45) is 3.43. The number of imidazole rings is 1. The van der Waals surface area contributed by atoms with Crippen LogP contribution in [0, 0.1) is 6.92 Å². The largest absolute Gasteiger partial charge is 0.494 e. The van der Waals surface area contributed by atoms with Gasteiger partial charge in [0.05, 0.1) is 28.9 Å². The second-order valence-corrected chi connectivity index (χ2v) is 6.44. The van der Waals surface area contributed by atoms with Crippen molar-refractivity contribution in [3.63, 3.8) is 0 Å². The number of hydrogen-bond acceptors (Lipinski definition) is 3. The Kier molecular flexibility index (Phi) is 4.28. The SMILES string of the molecule is CCOc1ccc(/C=C/C(=O)c2c(C)nn3c4ccccc4n(C)c23)cc1. The average molecular weight is 359 g/mol. The topological polar surface area (TPSA) is 48.5 Å². The summed E-state index contributed by atoms with van der Waals surface area (Å²) < 4.78 is 9.32. The number of aryl methyl sites for hydroxylation is 2. The minimum atomic E-state index is -0.0534. The van der Waals surface area contributed by atoms with Crippen molar-refractivity contribution in [2.24, 2.45) is 7.05 Å². The maximum Gasteiger partial charge on any atom is 0.191 e. The Bertz CT molecular complexity index is 1160. The van der Waals surface area contributed by atoms with Crippen molar-refractivity contribution < 1.29 is 9.53 Å². The standard InChI is InChI=1S/C22H21N3O2/c1-4-27-17-12-9-16(10-13-17)11-14-20(26)21-15(2)23-25-19-8-6-5-7-18(19)24(3)22(21)25/h5-14H,4H2,1-3H3/b14-11+. The number of ketones is 1. The summed E-state index contributed by atoms with van der Waals surface area (Å²) >= 11 is 0. The quantitative estimate of drug-likeness (QED) is 0.391. The highest BCUT2D eigenvalue weighted by Crippen LogP contribution is 2.25. The summed E-state index contributed by atoms with van der Waals surface area (Å²) in [6, 6.07) is 15.7. The minimum Gasteiger partial charge on any atom is -0.494 e. The molecule has 0 radical (unpaired) electrons. The number of aromatic nitrogens is 3. The average Bonchev–Trinajstić information content (AvgIpc) is 3.16. The van der Waals surface area contributed by atoms with Crippen LogP contribution in [0.5, 0.6) is 5.75 Å². The Morgan fingerprint density at radius 1 is 1.11 bits per heavy atom. The maximum atomic E-state index is 12.9. The van der Waals surface area contributed by atoms with E-state index in [2.05, 4.69) is 5.10 Å². The maximum absolute atomic E-state index is 12.9. The molecule has 0 aliphatic carbocycles. The van der Waals surface area contributed by atoms with Crippen LogP contribution in [0.4, 0.5) is 0 Å². The van der Waals surface area contributed by atoms with Gasteiger partial charge in [0.25, 0.3) is 0 Å². The van der Waals surface area contributed by atoms with Crippen molar-refractivity contribution in [2.75, 3.05) is 6.61 Å². The molecule has 0 bridgehead atoms. The molecule has 0 aliphatic heterocycles. The minimum absolute atomic E-state index is 0.0534. The molecule has 2 heterocycles. The van der Waals surface area contributed by atoms with Gasteiger partial charge in [0.15, 0.2) is 5.78 Å². The monoisotopic (exact) mass is 359 g/mol. The van der Waals surface area contributed by atoms with Crippen molar-refractivity contribution >= 4 is 28.5 Å². The fourth-order valence-electron chi connectivity index (χ4n) is 3.42. The van der Waals surface area contributed by atoms with E-state index in [0.717, 1.165) is 33.7 Å². The molecule has 4 aromatic rings. The van der Waals surface area contributed by atoms with Crippen LogP contribution in [0.1, 0.15) is 28.5 Å². The number of para-hydroxylation sites is 2. The summed E-state index contributed by atoms with van der Waals surface area (Å²) in [5, 5.41) is 4.59. The lowest BCUT2D eigenvalue weighted by molar-refractivity contribution is 0.104. The zero-order chi connectivity index (χ0) is 19.0. The van der Waals surface area contributed by atoms with Crippen LogP contribution in [0.25, 0.3) is 22.8 Å². The third-order valence-corrected chi connectivity index (χ3v) is 4.69. The van der Waals surface area contributed by atoms with E-state index in [1.54, 1.807) is 6.08 Å². The Labute approximate surface area is 157 Å².